The Morgan fingerprint density at radius 1 is 1.15 bits per heavy atom. The van der Waals surface area contributed by atoms with Crippen LogP contribution in [0.15, 0.2) is 54.6 Å². The molecule has 0 saturated carbocycles. The van der Waals surface area contributed by atoms with E-state index in [9.17, 15) is 9.18 Å². The van der Waals surface area contributed by atoms with Crippen LogP contribution < -0.4 is 10.6 Å². The summed E-state index contributed by atoms with van der Waals surface area (Å²) < 4.78 is 13.7. The molecule has 2 aromatic carbocycles. The van der Waals surface area contributed by atoms with Gasteiger partial charge in [0.2, 0.25) is 5.95 Å². The van der Waals surface area contributed by atoms with E-state index < -0.39 is 5.91 Å². The van der Waals surface area contributed by atoms with E-state index in [1.807, 2.05) is 6.07 Å². The smallest absolute Gasteiger partial charge is 0.274 e. The molecule has 3 aromatic rings. The van der Waals surface area contributed by atoms with Gasteiger partial charge in [-0.1, -0.05) is 30.3 Å². The number of nitriles is 1. The number of carbonyl (C=O) groups is 1. The molecule has 1 amide bonds. The van der Waals surface area contributed by atoms with E-state index in [2.05, 4.69) is 20.6 Å². The van der Waals surface area contributed by atoms with Crippen molar-refractivity contribution in [1.29, 1.82) is 5.26 Å². The molecule has 6 nitrogen and oxygen atoms in total. The van der Waals surface area contributed by atoms with Crippen molar-refractivity contribution < 1.29 is 9.18 Å². The van der Waals surface area contributed by atoms with Crippen LogP contribution in [0.1, 0.15) is 27.3 Å². The fourth-order valence-electron chi connectivity index (χ4n) is 2.46. The number of anilines is 2. The Balaban J connectivity index is 1.77. The zero-order chi connectivity index (χ0) is 19.2. The zero-order valence-corrected chi connectivity index (χ0v) is 14.5. The average Bonchev–Trinajstić information content (AvgIpc) is 2.67. The third-order valence-corrected chi connectivity index (χ3v) is 3.78. The molecule has 134 valence electrons. The molecule has 2 N–H and O–H groups in total. The molecule has 0 unspecified atom stereocenters. The largest absolute Gasteiger partial charge is 0.350 e. The molecule has 0 aliphatic carbocycles. The normalized spacial score (nSPS) is 10.1. The molecule has 0 fully saturated rings. The maximum Gasteiger partial charge on any atom is 0.274 e. The van der Waals surface area contributed by atoms with E-state index in [0.29, 0.717) is 22.5 Å². The maximum atomic E-state index is 13.7. The van der Waals surface area contributed by atoms with Crippen LogP contribution in [0.3, 0.4) is 0 Å². The van der Waals surface area contributed by atoms with Crippen LogP contribution in [-0.2, 0) is 6.54 Å². The summed E-state index contributed by atoms with van der Waals surface area (Å²) in [7, 11) is 0. The quantitative estimate of drug-likeness (QED) is 0.724. The maximum absolute atomic E-state index is 13.7. The topological polar surface area (TPSA) is 90.7 Å². The fourth-order valence-corrected chi connectivity index (χ4v) is 2.46. The van der Waals surface area contributed by atoms with Gasteiger partial charge in [-0.2, -0.15) is 5.26 Å². The Morgan fingerprint density at radius 2 is 1.89 bits per heavy atom. The number of rotatable bonds is 5. The second-order valence-corrected chi connectivity index (χ2v) is 5.77. The molecule has 7 heteroatoms. The third-order valence-electron chi connectivity index (χ3n) is 3.78. The number of halogens is 1. The number of amides is 1. The number of hydrogen-bond acceptors (Lipinski definition) is 5. The van der Waals surface area contributed by atoms with E-state index in [1.165, 1.54) is 6.07 Å². The molecule has 1 heterocycles. The minimum absolute atomic E-state index is 0.145. The lowest BCUT2D eigenvalue weighted by molar-refractivity contribution is 0.102. The van der Waals surface area contributed by atoms with Crippen LogP contribution in [0.25, 0.3) is 0 Å². The first-order chi connectivity index (χ1) is 13.1. The summed E-state index contributed by atoms with van der Waals surface area (Å²) in [6.07, 6.45) is 0. The van der Waals surface area contributed by atoms with Gasteiger partial charge in [0.25, 0.3) is 5.91 Å². The Hall–Kier alpha value is -3.79. The summed E-state index contributed by atoms with van der Waals surface area (Å²) in [4.78, 5) is 20.9. The van der Waals surface area contributed by atoms with E-state index in [-0.39, 0.29) is 24.0 Å². The predicted octanol–water partition coefficient (Wildman–Crippen LogP) is 3.66. The average molecular weight is 361 g/mol. The number of hydrogen-bond donors (Lipinski definition) is 2. The van der Waals surface area contributed by atoms with Gasteiger partial charge in [0.1, 0.15) is 17.6 Å². The summed E-state index contributed by atoms with van der Waals surface area (Å²) in [5, 5.41) is 14.7. The van der Waals surface area contributed by atoms with Gasteiger partial charge in [-0.15, -0.1) is 0 Å². The monoisotopic (exact) mass is 361 g/mol. The standard InChI is InChI=1S/C20H16FN5O/c1-13-10-18(19(27)25-17-9-5-3-6-14(17)11-22)26-20(24-13)23-12-15-7-2-4-8-16(15)21/h2-10H,12H2,1H3,(H,25,27)(H,23,24,26). The van der Waals surface area contributed by atoms with E-state index in [0.717, 1.165) is 0 Å². The molecule has 27 heavy (non-hydrogen) atoms. The van der Waals surface area contributed by atoms with Crippen molar-refractivity contribution in [2.45, 2.75) is 13.5 Å². The molecular weight excluding hydrogens is 345 g/mol. The summed E-state index contributed by atoms with van der Waals surface area (Å²) >= 11 is 0. The summed E-state index contributed by atoms with van der Waals surface area (Å²) in [5.41, 5.74) is 1.96. The van der Waals surface area contributed by atoms with Crippen molar-refractivity contribution in [3.63, 3.8) is 0 Å². The van der Waals surface area contributed by atoms with E-state index >= 15 is 0 Å². The van der Waals surface area contributed by atoms with Crippen molar-refractivity contribution in [1.82, 2.24) is 9.97 Å². The number of para-hydroxylation sites is 1. The van der Waals surface area contributed by atoms with Crippen molar-refractivity contribution in [2.75, 3.05) is 10.6 Å². The Bertz CT molecular complexity index is 1030. The highest BCUT2D eigenvalue weighted by Gasteiger charge is 2.13. The van der Waals surface area contributed by atoms with Crippen LogP contribution in [0.4, 0.5) is 16.0 Å². The zero-order valence-electron chi connectivity index (χ0n) is 14.5. The number of nitrogens with zero attached hydrogens (tertiary/aromatic N) is 3. The fraction of sp³-hybridized carbons (Fsp3) is 0.100. The second-order valence-electron chi connectivity index (χ2n) is 5.77. The summed E-state index contributed by atoms with van der Waals surface area (Å²) in [5.74, 6) is -0.571. The van der Waals surface area contributed by atoms with Gasteiger partial charge in [-0.05, 0) is 31.2 Å². The number of aryl methyl sites for hydroxylation is 1. The lowest BCUT2D eigenvalue weighted by Crippen LogP contribution is -2.17. The van der Waals surface area contributed by atoms with E-state index in [4.69, 9.17) is 5.26 Å². The molecule has 0 bridgehead atoms. The Morgan fingerprint density at radius 3 is 2.67 bits per heavy atom. The van der Waals surface area contributed by atoms with Gasteiger partial charge in [0.05, 0.1) is 11.3 Å². The van der Waals surface area contributed by atoms with Crippen molar-refractivity contribution in [3.8, 4) is 6.07 Å². The first-order valence-electron chi connectivity index (χ1n) is 8.20. The van der Waals surface area contributed by atoms with Gasteiger partial charge in [-0.3, -0.25) is 4.79 Å². The van der Waals surface area contributed by atoms with Crippen molar-refractivity contribution in [3.05, 3.63) is 82.9 Å². The van der Waals surface area contributed by atoms with E-state index in [1.54, 1.807) is 55.5 Å². The van der Waals surface area contributed by atoms with Crippen LogP contribution in [0, 0.1) is 24.1 Å². The van der Waals surface area contributed by atoms with Crippen molar-refractivity contribution in [2.24, 2.45) is 0 Å². The van der Waals surface area contributed by atoms with Gasteiger partial charge in [0.15, 0.2) is 0 Å². The number of carbonyl (C=O) groups excluding carboxylic acids is 1. The summed E-state index contributed by atoms with van der Waals surface area (Å²) in [6, 6.07) is 16.6. The van der Waals surface area contributed by atoms with Crippen LogP contribution >= 0.6 is 0 Å². The van der Waals surface area contributed by atoms with Crippen LogP contribution in [0.5, 0.6) is 0 Å². The highest BCUT2D eigenvalue weighted by Crippen LogP contribution is 2.16. The molecule has 0 spiro atoms. The molecule has 0 saturated heterocycles. The molecule has 0 aliphatic heterocycles. The van der Waals surface area contributed by atoms with Gasteiger partial charge >= 0.3 is 0 Å². The van der Waals surface area contributed by atoms with Gasteiger partial charge in [0, 0.05) is 17.8 Å². The predicted molar refractivity (Wildman–Crippen MR) is 99.6 cm³/mol. The van der Waals surface area contributed by atoms with Gasteiger partial charge < -0.3 is 10.6 Å². The molecule has 0 aliphatic rings. The molecule has 1 aromatic heterocycles. The number of benzene rings is 2. The molecular formula is C20H16FN5O. The Kier molecular flexibility index (Phi) is 5.38. The van der Waals surface area contributed by atoms with Gasteiger partial charge in [-0.25, -0.2) is 14.4 Å². The second kappa shape index (κ2) is 8.06. The highest BCUT2D eigenvalue weighted by atomic mass is 19.1. The minimum atomic E-state index is -0.461. The number of nitrogens with one attached hydrogen (secondary N) is 2. The summed E-state index contributed by atoms with van der Waals surface area (Å²) in [6.45, 7) is 1.92. The lowest BCUT2D eigenvalue weighted by Gasteiger charge is -2.10. The van der Waals surface area contributed by atoms with Crippen LogP contribution in [0.2, 0.25) is 0 Å². The first-order valence-corrected chi connectivity index (χ1v) is 8.20. The first kappa shape index (κ1) is 18.0. The SMILES string of the molecule is Cc1cc(C(=O)Nc2ccccc2C#N)nc(NCc2ccccc2F)n1. The lowest BCUT2D eigenvalue weighted by atomic mass is 10.2. The molecule has 0 atom stereocenters. The number of aromatic nitrogens is 2. The highest BCUT2D eigenvalue weighted by molar-refractivity contribution is 6.03. The molecule has 3 rings (SSSR count). The Labute approximate surface area is 155 Å². The minimum Gasteiger partial charge on any atom is -0.350 e. The molecule has 0 radical (unpaired) electrons. The van der Waals surface area contributed by atoms with Crippen LogP contribution in [-0.4, -0.2) is 15.9 Å². The third kappa shape index (κ3) is 4.44. The van der Waals surface area contributed by atoms with Crippen molar-refractivity contribution >= 4 is 17.5 Å².